The van der Waals surface area contributed by atoms with E-state index >= 15 is 0 Å². The van der Waals surface area contributed by atoms with E-state index in [2.05, 4.69) is 185 Å². The molecule has 0 saturated carbocycles. The van der Waals surface area contributed by atoms with Crippen molar-refractivity contribution >= 4 is 0 Å². The smallest absolute Gasteiger partial charge is 0.128 e. The SMILES string of the molecule is Cc1ccc(-c2ccc(-c3cc(OCCCCCCc4ccccc4)c(-c4ccc(-c5ccc(C)cc5C)cc4)cc3OCCCCCCc3ccccc3)cc2)c(C)c1. The minimum absolute atomic E-state index is 0.674. The van der Waals surface area contributed by atoms with Gasteiger partial charge >= 0.3 is 0 Å². The molecule has 0 aliphatic carbocycles. The number of aryl methyl sites for hydroxylation is 6. The van der Waals surface area contributed by atoms with E-state index in [1.807, 2.05) is 0 Å². The van der Waals surface area contributed by atoms with Crippen LogP contribution in [0.1, 0.15) is 84.7 Å². The summed E-state index contributed by atoms with van der Waals surface area (Å²) in [5.41, 5.74) is 17.4. The zero-order chi connectivity index (χ0) is 41.5. The third-order valence-corrected chi connectivity index (χ3v) is 11.8. The van der Waals surface area contributed by atoms with Gasteiger partial charge in [0.1, 0.15) is 11.5 Å². The van der Waals surface area contributed by atoms with Gasteiger partial charge in [0.2, 0.25) is 0 Å². The number of rotatable bonds is 20. The first-order valence-electron chi connectivity index (χ1n) is 22.3. The summed E-state index contributed by atoms with van der Waals surface area (Å²) in [5.74, 6) is 1.81. The molecule has 0 radical (unpaired) electrons. The van der Waals surface area contributed by atoms with Crippen LogP contribution in [0.2, 0.25) is 0 Å². The first-order valence-corrected chi connectivity index (χ1v) is 22.3. The fourth-order valence-corrected chi connectivity index (χ4v) is 8.41. The second-order valence-corrected chi connectivity index (χ2v) is 16.6. The van der Waals surface area contributed by atoms with E-state index in [0.717, 1.165) is 72.3 Å². The highest BCUT2D eigenvalue weighted by Crippen LogP contribution is 2.42. The normalized spacial score (nSPS) is 11.1. The van der Waals surface area contributed by atoms with Crippen LogP contribution >= 0.6 is 0 Å². The summed E-state index contributed by atoms with van der Waals surface area (Å²) in [7, 11) is 0. The Labute approximate surface area is 360 Å². The molecule has 306 valence electrons. The van der Waals surface area contributed by atoms with Crippen molar-refractivity contribution < 1.29 is 9.47 Å². The van der Waals surface area contributed by atoms with Crippen LogP contribution in [0, 0.1) is 27.7 Å². The van der Waals surface area contributed by atoms with Gasteiger partial charge in [0.05, 0.1) is 13.2 Å². The fraction of sp³-hybridized carbons (Fsp3) is 0.276. The summed E-state index contributed by atoms with van der Waals surface area (Å²) in [4.78, 5) is 0. The molecule has 7 rings (SSSR count). The Kier molecular flexibility index (Phi) is 15.1. The van der Waals surface area contributed by atoms with Crippen LogP contribution < -0.4 is 9.47 Å². The molecule has 0 aliphatic rings. The van der Waals surface area contributed by atoms with Crippen molar-refractivity contribution in [2.24, 2.45) is 0 Å². The Bertz CT molecular complexity index is 2220. The van der Waals surface area contributed by atoms with Crippen molar-refractivity contribution in [3.8, 4) is 56.0 Å². The van der Waals surface area contributed by atoms with E-state index < -0.39 is 0 Å². The van der Waals surface area contributed by atoms with E-state index in [9.17, 15) is 0 Å². The predicted octanol–water partition coefficient (Wildman–Crippen LogP) is 16.0. The lowest BCUT2D eigenvalue weighted by atomic mass is 9.93. The number of hydrogen-bond acceptors (Lipinski definition) is 2. The molecule has 0 aliphatic heterocycles. The van der Waals surface area contributed by atoms with Crippen molar-refractivity contribution in [2.75, 3.05) is 13.2 Å². The average molecular weight is 791 g/mol. The summed E-state index contributed by atoms with van der Waals surface area (Å²) in [6.45, 7) is 10.1. The van der Waals surface area contributed by atoms with Crippen LogP contribution in [0.15, 0.2) is 158 Å². The molecular formula is C58H62O2. The summed E-state index contributed by atoms with van der Waals surface area (Å²) >= 11 is 0. The molecule has 0 bridgehead atoms. The van der Waals surface area contributed by atoms with E-state index in [1.54, 1.807) is 0 Å². The van der Waals surface area contributed by atoms with Gasteiger partial charge in [-0.1, -0.05) is 182 Å². The predicted molar refractivity (Wildman–Crippen MR) is 255 cm³/mol. The van der Waals surface area contributed by atoms with Gasteiger partial charge in [-0.05, 0) is 134 Å². The number of benzene rings is 7. The second kappa shape index (κ2) is 21.4. The van der Waals surface area contributed by atoms with Crippen LogP contribution in [-0.2, 0) is 12.8 Å². The van der Waals surface area contributed by atoms with Crippen LogP contribution in [0.5, 0.6) is 11.5 Å². The van der Waals surface area contributed by atoms with Crippen molar-refractivity contribution in [1.29, 1.82) is 0 Å². The zero-order valence-electron chi connectivity index (χ0n) is 36.3. The highest BCUT2D eigenvalue weighted by atomic mass is 16.5. The van der Waals surface area contributed by atoms with E-state index in [1.165, 1.54) is 81.3 Å². The lowest BCUT2D eigenvalue weighted by Gasteiger charge is -2.19. The molecule has 2 nitrogen and oxygen atoms in total. The molecule has 0 saturated heterocycles. The quantitative estimate of drug-likeness (QED) is 0.0716. The molecule has 0 aromatic heterocycles. The van der Waals surface area contributed by atoms with Crippen molar-refractivity contribution in [3.05, 3.63) is 191 Å². The Morgan fingerprint density at radius 1 is 0.317 bits per heavy atom. The molecule has 2 heteroatoms. The Balaban J connectivity index is 1.14. The molecule has 0 fully saturated rings. The number of ether oxygens (including phenoxy) is 2. The summed E-state index contributed by atoms with van der Waals surface area (Å²) in [6.07, 6.45) is 11.4. The van der Waals surface area contributed by atoms with Crippen molar-refractivity contribution in [1.82, 2.24) is 0 Å². The summed E-state index contributed by atoms with van der Waals surface area (Å²) in [6, 6.07) is 57.5. The molecule has 0 N–H and O–H groups in total. The monoisotopic (exact) mass is 790 g/mol. The van der Waals surface area contributed by atoms with Gasteiger partial charge < -0.3 is 9.47 Å². The Hall–Kier alpha value is -5.86. The largest absolute Gasteiger partial charge is 0.493 e. The van der Waals surface area contributed by atoms with Gasteiger partial charge in [0.15, 0.2) is 0 Å². The molecule has 60 heavy (non-hydrogen) atoms. The third-order valence-electron chi connectivity index (χ3n) is 11.8. The van der Waals surface area contributed by atoms with Crippen LogP contribution in [0.25, 0.3) is 44.5 Å². The fourth-order valence-electron chi connectivity index (χ4n) is 8.41. The van der Waals surface area contributed by atoms with Gasteiger partial charge in [-0.25, -0.2) is 0 Å². The molecule has 0 amide bonds. The lowest BCUT2D eigenvalue weighted by molar-refractivity contribution is 0.298. The van der Waals surface area contributed by atoms with Gasteiger partial charge in [-0.3, -0.25) is 0 Å². The minimum atomic E-state index is 0.674. The molecule has 0 atom stereocenters. The molecule has 0 heterocycles. The van der Waals surface area contributed by atoms with Gasteiger partial charge in [-0.15, -0.1) is 0 Å². The van der Waals surface area contributed by atoms with E-state index in [0.29, 0.717) is 13.2 Å². The second-order valence-electron chi connectivity index (χ2n) is 16.6. The van der Waals surface area contributed by atoms with Crippen LogP contribution in [-0.4, -0.2) is 13.2 Å². The maximum absolute atomic E-state index is 6.79. The topological polar surface area (TPSA) is 18.5 Å². The van der Waals surface area contributed by atoms with E-state index in [-0.39, 0.29) is 0 Å². The van der Waals surface area contributed by atoms with Crippen LogP contribution in [0.3, 0.4) is 0 Å². The van der Waals surface area contributed by atoms with E-state index in [4.69, 9.17) is 9.47 Å². The molecule has 7 aromatic carbocycles. The van der Waals surface area contributed by atoms with Gasteiger partial charge in [0, 0.05) is 11.1 Å². The summed E-state index contributed by atoms with van der Waals surface area (Å²) in [5, 5.41) is 0. The molecule has 0 spiro atoms. The first-order chi connectivity index (χ1) is 29.4. The highest BCUT2D eigenvalue weighted by molar-refractivity contribution is 5.83. The third kappa shape index (κ3) is 11.7. The number of hydrogen-bond donors (Lipinski definition) is 0. The molecular weight excluding hydrogens is 729 g/mol. The summed E-state index contributed by atoms with van der Waals surface area (Å²) < 4.78 is 13.6. The highest BCUT2D eigenvalue weighted by Gasteiger charge is 2.17. The van der Waals surface area contributed by atoms with Crippen LogP contribution in [0.4, 0.5) is 0 Å². The Morgan fingerprint density at radius 2 is 0.667 bits per heavy atom. The standard InChI is InChI=1S/C58H62O2/c1-43-25-35-53(45(3)39-43)49-27-31-51(32-28-49)55-41-58(60-38-18-8-6-12-20-48-23-15-10-16-24-48)56(52-33-29-50(30-34-52)54-36-26-44(2)40-46(54)4)42-57(55)59-37-17-7-5-11-19-47-21-13-9-14-22-47/h9-10,13-16,21-36,39-42H,5-8,11-12,17-20,37-38H2,1-4H3. The average Bonchev–Trinajstić information content (AvgIpc) is 3.27. The maximum atomic E-state index is 6.79. The number of unbranched alkanes of at least 4 members (excludes halogenated alkanes) is 6. The first kappa shape index (κ1) is 42.3. The zero-order valence-corrected chi connectivity index (χ0v) is 36.3. The van der Waals surface area contributed by atoms with Gasteiger partial charge in [-0.2, -0.15) is 0 Å². The van der Waals surface area contributed by atoms with Crippen molar-refractivity contribution in [3.63, 3.8) is 0 Å². The molecule has 7 aromatic rings. The lowest BCUT2D eigenvalue weighted by Crippen LogP contribution is -2.03. The maximum Gasteiger partial charge on any atom is 0.128 e. The Morgan fingerprint density at radius 3 is 1.03 bits per heavy atom. The van der Waals surface area contributed by atoms with Crippen molar-refractivity contribution in [2.45, 2.75) is 91.9 Å². The minimum Gasteiger partial charge on any atom is -0.493 e. The molecule has 0 unspecified atom stereocenters. The van der Waals surface area contributed by atoms with Gasteiger partial charge in [0.25, 0.3) is 0 Å².